The summed E-state index contributed by atoms with van der Waals surface area (Å²) in [5.41, 5.74) is 0.929. The molecule has 0 aliphatic heterocycles. The SMILES string of the molecule is Cc1ccc(S(=O)(=O)NC(=O)CSc2nncn2N)cc1. The summed E-state index contributed by atoms with van der Waals surface area (Å²) in [7, 11) is -3.86. The standard InChI is InChI=1S/C11H13N5O3S2/c1-8-2-4-9(5-3-8)21(18,19)15-10(17)6-20-11-14-13-7-16(11)12/h2-5,7H,6,12H2,1H3,(H,15,17). The molecule has 0 radical (unpaired) electrons. The lowest BCUT2D eigenvalue weighted by molar-refractivity contribution is -0.116. The van der Waals surface area contributed by atoms with Gasteiger partial charge in [0, 0.05) is 0 Å². The zero-order chi connectivity index (χ0) is 15.5. The van der Waals surface area contributed by atoms with E-state index in [1.807, 2.05) is 11.6 Å². The van der Waals surface area contributed by atoms with E-state index in [4.69, 9.17) is 5.84 Å². The number of nitrogens with two attached hydrogens (primary N) is 1. The van der Waals surface area contributed by atoms with Gasteiger partial charge in [-0.2, -0.15) is 0 Å². The van der Waals surface area contributed by atoms with Crippen LogP contribution in [-0.4, -0.2) is 35.0 Å². The van der Waals surface area contributed by atoms with Crippen molar-refractivity contribution in [2.45, 2.75) is 17.0 Å². The summed E-state index contributed by atoms with van der Waals surface area (Å²) in [6, 6.07) is 6.19. The average molecular weight is 327 g/mol. The highest BCUT2D eigenvalue weighted by molar-refractivity contribution is 8.00. The van der Waals surface area contributed by atoms with Crippen molar-refractivity contribution in [2.24, 2.45) is 0 Å². The number of hydrogen-bond donors (Lipinski definition) is 2. The lowest BCUT2D eigenvalue weighted by Gasteiger charge is -2.06. The number of nitrogens with zero attached hydrogens (tertiary/aromatic N) is 3. The minimum absolute atomic E-state index is 0.0356. The average Bonchev–Trinajstić information content (AvgIpc) is 2.82. The maximum atomic E-state index is 12.0. The van der Waals surface area contributed by atoms with Crippen molar-refractivity contribution in [1.29, 1.82) is 0 Å². The Morgan fingerprint density at radius 1 is 1.38 bits per heavy atom. The number of hydrogen-bond acceptors (Lipinski definition) is 7. The van der Waals surface area contributed by atoms with Crippen LogP contribution in [0.5, 0.6) is 0 Å². The van der Waals surface area contributed by atoms with E-state index in [-0.39, 0.29) is 10.6 Å². The molecule has 0 spiro atoms. The lowest BCUT2D eigenvalue weighted by Crippen LogP contribution is -2.32. The summed E-state index contributed by atoms with van der Waals surface area (Å²) in [5, 5.41) is 7.54. The fourth-order valence-corrected chi connectivity index (χ4v) is 3.13. The third kappa shape index (κ3) is 3.95. The van der Waals surface area contributed by atoms with E-state index in [0.717, 1.165) is 22.0 Å². The molecule has 0 saturated carbocycles. The number of nitrogen functional groups attached to an aromatic ring is 1. The Balaban J connectivity index is 1.98. The van der Waals surface area contributed by atoms with Crippen LogP contribution in [0.2, 0.25) is 0 Å². The third-order valence-electron chi connectivity index (χ3n) is 2.45. The summed E-state index contributed by atoms with van der Waals surface area (Å²) >= 11 is 0.988. The number of aryl methyl sites for hydroxylation is 1. The second-order valence-electron chi connectivity index (χ2n) is 4.15. The highest BCUT2D eigenvalue weighted by Crippen LogP contribution is 2.13. The molecule has 0 bridgehead atoms. The van der Waals surface area contributed by atoms with E-state index >= 15 is 0 Å². The molecule has 2 aromatic rings. The van der Waals surface area contributed by atoms with Crippen molar-refractivity contribution >= 4 is 27.7 Å². The number of thioether (sulfide) groups is 1. The molecular weight excluding hydrogens is 314 g/mol. The van der Waals surface area contributed by atoms with Crippen molar-refractivity contribution in [1.82, 2.24) is 19.6 Å². The first-order valence-electron chi connectivity index (χ1n) is 5.79. The largest absolute Gasteiger partial charge is 0.336 e. The van der Waals surface area contributed by atoms with E-state index < -0.39 is 15.9 Å². The molecule has 112 valence electrons. The van der Waals surface area contributed by atoms with E-state index in [9.17, 15) is 13.2 Å². The van der Waals surface area contributed by atoms with Gasteiger partial charge in [-0.05, 0) is 19.1 Å². The monoisotopic (exact) mass is 327 g/mol. The number of benzene rings is 1. The predicted molar refractivity (Wildman–Crippen MR) is 77.4 cm³/mol. The molecule has 0 aliphatic carbocycles. The van der Waals surface area contributed by atoms with Crippen LogP contribution in [-0.2, 0) is 14.8 Å². The zero-order valence-electron chi connectivity index (χ0n) is 11.1. The highest BCUT2D eigenvalue weighted by Gasteiger charge is 2.18. The van der Waals surface area contributed by atoms with Crippen LogP contribution in [0, 0.1) is 6.92 Å². The van der Waals surface area contributed by atoms with Gasteiger partial charge in [0.15, 0.2) is 0 Å². The van der Waals surface area contributed by atoms with Crippen molar-refractivity contribution in [3.63, 3.8) is 0 Å². The van der Waals surface area contributed by atoms with Crippen molar-refractivity contribution < 1.29 is 13.2 Å². The number of aromatic nitrogens is 3. The number of carbonyl (C=O) groups is 1. The molecule has 0 aliphatic rings. The van der Waals surface area contributed by atoms with Crippen molar-refractivity contribution in [3.8, 4) is 0 Å². The van der Waals surface area contributed by atoms with Crippen LogP contribution in [0.4, 0.5) is 0 Å². The molecule has 3 N–H and O–H groups in total. The first-order chi connectivity index (χ1) is 9.88. The van der Waals surface area contributed by atoms with E-state index in [0.29, 0.717) is 5.16 Å². The molecule has 8 nitrogen and oxygen atoms in total. The van der Waals surface area contributed by atoms with Crippen LogP contribution in [0.25, 0.3) is 0 Å². The van der Waals surface area contributed by atoms with Crippen LogP contribution < -0.4 is 10.6 Å². The van der Waals surface area contributed by atoms with Gasteiger partial charge in [0.05, 0.1) is 10.6 Å². The van der Waals surface area contributed by atoms with Crippen LogP contribution in [0.15, 0.2) is 40.6 Å². The van der Waals surface area contributed by atoms with E-state index in [1.54, 1.807) is 12.1 Å². The predicted octanol–water partition coefficient (Wildman–Crippen LogP) is -0.102. The third-order valence-corrected chi connectivity index (χ3v) is 4.80. The van der Waals surface area contributed by atoms with Gasteiger partial charge in [0.2, 0.25) is 11.1 Å². The summed E-state index contributed by atoms with van der Waals surface area (Å²) in [4.78, 5) is 11.7. The molecule has 21 heavy (non-hydrogen) atoms. The Hall–Kier alpha value is -2.07. The molecule has 1 heterocycles. The Morgan fingerprint density at radius 2 is 2.05 bits per heavy atom. The molecule has 1 amide bonds. The molecule has 1 aromatic heterocycles. The first kappa shape index (κ1) is 15.3. The number of sulfonamides is 1. The van der Waals surface area contributed by atoms with Crippen molar-refractivity contribution in [2.75, 3.05) is 11.6 Å². The smallest absolute Gasteiger partial charge is 0.264 e. The van der Waals surface area contributed by atoms with Gasteiger partial charge in [0.1, 0.15) is 6.33 Å². The minimum Gasteiger partial charge on any atom is -0.336 e. The fraction of sp³-hybridized carbons (Fsp3) is 0.182. The van der Waals surface area contributed by atoms with Gasteiger partial charge >= 0.3 is 0 Å². The molecular formula is C11H13N5O3S2. The number of amides is 1. The fourth-order valence-electron chi connectivity index (χ4n) is 1.42. The normalized spacial score (nSPS) is 11.3. The summed E-state index contributed by atoms with van der Waals surface area (Å²) in [6.07, 6.45) is 1.28. The van der Waals surface area contributed by atoms with Gasteiger partial charge in [0.25, 0.3) is 10.0 Å². The van der Waals surface area contributed by atoms with Gasteiger partial charge in [-0.3, -0.25) is 4.79 Å². The number of carbonyl (C=O) groups excluding carboxylic acids is 1. The molecule has 0 saturated heterocycles. The van der Waals surface area contributed by atoms with Crippen LogP contribution >= 0.6 is 11.8 Å². The first-order valence-corrected chi connectivity index (χ1v) is 8.25. The molecule has 0 atom stereocenters. The van der Waals surface area contributed by atoms with E-state index in [1.165, 1.54) is 18.5 Å². The molecule has 1 aromatic carbocycles. The van der Waals surface area contributed by atoms with Crippen LogP contribution in [0.1, 0.15) is 5.56 Å². The molecule has 2 rings (SSSR count). The van der Waals surface area contributed by atoms with Gasteiger partial charge < -0.3 is 5.84 Å². The Kier molecular flexibility index (Phi) is 4.48. The van der Waals surface area contributed by atoms with E-state index in [2.05, 4.69) is 10.2 Å². The minimum atomic E-state index is -3.86. The second kappa shape index (κ2) is 6.14. The van der Waals surface area contributed by atoms with Crippen LogP contribution in [0.3, 0.4) is 0 Å². The summed E-state index contributed by atoms with van der Waals surface area (Å²) in [6.45, 7) is 1.84. The summed E-state index contributed by atoms with van der Waals surface area (Å²) in [5.74, 6) is 4.68. The Labute approximate surface area is 125 Å². The maximum Gasteiger partial charge on any atom is 0.264 e. The maximum absolute atomic E-state index is 12.0. The Bertz CT molecular complexity index is 739. The molecule has 0 unspecified atom stereocenters. The Morgan fingerprint density at radius 3 is 2.62 bits per heavy atom. The molecule has 10 heteroatoms. The lowest BCUT2D eigenvalue weighted by atomic mass is 10.2. The zero-order valence-corrected chi connectivity index (χ0v) is 12.7. The van der Waals surface area contributed by atoms with Gasteiger partial charge in [-0.25, -0.2) is 17.8 Å². The number of nitrogens with one attached hydrogen (secondary N) is 1. The highest BCUT2D eigenvalue weighted by atomic mass is 32.2. The topological polar surface area (TPSA) is 120 Å². The second-order valence-corrected chi connectivity index (χ2v) is 6.78. The van der Waals surface area contributed by atoms with Crippen molar-refractivity contribution in [3.05, 3.63) is 36.2 Å². The summed E-state index contributed by atoms with van der Waals surface area (Å²) < 4.78 is 27.1. The quantitative estimate of drug-likeness (QED) is 0.581. The molecule has 0 fully saturated rings. The number of rotatable bonds is 5. The van der Waals surface area contributed by atoms with Gasteiger partial charge in [-0.15, -0.1) is 10.2 Å². The van der Waals surface area contributed by atoms with Gasteiger partial charge in [-0.1, -0.05) is 29.5 Å².